The zero-order valence-electron chi connectivity index (χ0n) is 11.7. The first-order valence-electron chi connectivity index (χ1n) is 6.74. The van der Waals surface area contributed by atoms with Crippen molar-refractivity contribution in [2.24, 2.45) is 0 Å². The maximum absolute atomic E-state index is 11.6. The lowest BCUT2D eigenvalue weighted by Gasteiger charge is -2.07. The summed E-state index contributed by atoms with van der Waals surface area (Å²) in [5.41, 5.74) is 0.572. The quantitative estimate of drug-likeness (QED) is 0.408. The molecule has 0 amide bonds. The zero-order chi connectivity index (χ0) is 13.9. The highest BCUT2D eigenvalue weighted by Gasteiger charge is 2.04. The van der Waals surface area contributed by atoms with E-state index in [0.717, 1.165) is 19.4 Å². The summed E-state index contributed by atoms with van der Waals surface area (Å²) >= 11 is 0. The van der Waals surface area contributed by atoms with Crippen LogP contribution in [0.15, 0.2) is 42.5 Å². The highest BCUT2D eigenvalue weighted by Crippen LogP contribution is 2.01. The van der Waals surface area contributed by atoms with E-state index in [1.807, 2.05) is 37.3 Å². The minimum Gasteiger partial charge on any atom is -0.458 e. The molecule has 0 radical (unpaired) electrons. The van der Waals surface area contributed by atoms with Crippen LogP contribution in [-0.2, 0) is 9.47 Å². The summed E-state index contributed by atoms with van der Waals surface area (Å²) in [4.78, 5) is 11.6. The molecule has 19 heavy (non-hydrogen) atoms. The first kappa shape index (κ1) is 15.4. The van der Waals surface area contributed by atoms with Crippen molar-refractivity contribution in [3.05, 3.63) is 48.0 Å². The number of hydrogen-bond acceptors (Lipinski definition) is 3. The number of carbonyl (C=O) groups is 1. The first-order chi connectivity index (χ1) is 9.24. The number of rotatable bonds is 8. The van der Waals surface area contributed by atoms with E-state index in [1.165, 1.54) is 0 Å². The van der Waals surface area contributed by atoms with Gasteiger partial charge in [-0.25, -0.2) is 4.79 Å². The molecule has 0 aromatic heterocycles. The summed E-state index contributed by atoms with van der Waals surface area (Å²) in [6.45, 7) is 5.15. The zero-order valence-corrected chi connectivity index (χ0v) is 11.7. The van der Waals surface area contributed by atoms with Gasteiger partial charge in [0.15, 0.2) is 0 Å². The van der Waals surface area contributed by atoms with Crippen LogP contribution in [0.25, 0.3) is 0 Å². The highest BCUT2D eigenvalue weighted by atomic mass is 16.5. The van der Waals surface area contributed by atoms with Crippen molar-refractivity contribution in [2.45, 2.75) is 32.8 Å². The largest absolute Gasteiger partial charge is 0.458 e. The average Bonchev–Trinajstić information content (AvgIpc) is 2.44. The van der Waals surface area contributed by atoms with Gasteiger partial charge < -0.3 is 9.47 Å². The molecule has 0 aliphatic rings. The number of esters is 1. The maximum atomic E-state index is 11.6. The second kappa shape index (κ2) is 9.34. The van der Waals surface area contributed by atoms with Gasteiger partial charge in [0, 0.05) is 6.61 Å². The van der Waals surface area contributed by atoms with Gasteiger partial charge in [-0.3, -0.25) is 0 Å². The van der Waals surface area contributed by atoms with Crippen LogP contribution >= 0.6 is 0 Å². The van der Waals surface area contributed by atoms with Crippen LogP contribution < -0.4 is 0 Å². The Morgan fingerprint density at radius 3 is 2.74 bits per heavy atom. The van der Waals surface area contributed by atoms with Gasteiger partial charge in [0.05, 0.1) is 11.7 Å². The van der Waals surface area contributed by atoms with Gasteiger partial charge >= 0.3 is 5.97 Å². The number of ether oxygens (including phenoxy) is 2. The third-order valence-electron chi connectivity index (χ3n) is 2.61. The topological polar surface area (TPSA) is 35.5 Å². The minimum absolute atomic E-state index is 0.0574. The molecule has 0 heterocycles. The van der Waals surface area contributed by atoms with Crippen molar-refractivity contribution < 1.29 is 14.3 Å². The molecule has 0 saturated heterocycles. The number of unbranched alkanes of at least 4 members (excludes halogenated alkanes) is 1. The Balaban J connectivity index is 2.21. The summed E-state index contributed by atoms with van der Waals surface area (Å²) in [6, 6.07) is 8.98. The highest BCUT2D eigenvalue weighted by molar-refractivity contribution is 5.89. The smallest absolute Gasteiger partial charge is 0.338 e. The first-order valence-corrected chi connectivity index (χ1v) is 6.74. The fourth-order valence-corrected chi connectivity index (χ4v) is 1.50. The Morgan fingerprint density at radius 2 is 2.05 bits per heavy atom. The molecule has 0 aliphatic carbocycles. The third-order valence-corrected chi connectivity index (χ3v) is 2.61. The van der Waals surface area contributed by atoms with Gasteiger partial charge in [-0.15, -0.1) is 0 Å². The van der Waals surface area contributed by atoms with Gasteiger partial charge in [0.25, 0.3) is 0 Å². The van der Waals surface area contributed by atoms with Crippen LogP contribution in [-0.4, -0.2) is 25.3 Å². The van der Waals surface area contributed by atoms with Gasteiger partial charge in [0.2, 0.25) is 0 Å². The Morgan fingerprint density at radius 1 is 1.32 bits per heavy atom. The molecule has 0 N–H and O–H groups in total. The maximum Gasteiger partial charge on any atom is 0.338 e. The van der Waals surface area contributed by atoms with Crippen molar-refractivity contribution in [3.8, 4) is 0 Å². The van der Waals surface area contributed by atoms with Crippen molar-refractivity contribution >= 4 is 5.97 Å². The van der Waals surface area contributed by atoms with Crippen LogP contribution in [0.4, 0.5) is 0 Å². The summed E-state index contributed by atoms with van der Waals surface area (Å²) in [6.07, 6.45) is 5.99. The Bertz CT molecular complexity index is 384. The van der Waals surface area contributed by atoms with Crippen molar-refractivity contribution in [3.63, 3.8) is 0 Å². The fraction of sp³-hybridized carbons (Fsp3) is 0.438. The van der Waals surface area contributed by atoms with Gasteiger partial charge in [0.1, 0.15) is 6.61 Å². The van der Waals surface area contributed by atoms with Crippen molar-refractivity contribution in [1.82, 2.24) is 0 Å². The molecule has 0 spiro atoms. The standard InChI is InChI=1S/C16H22O3/c1-3-4-12-18-14(2)9-8-13-19-16(17)15-10-6-5-7-11-15/h5-11,14H,3-4,12-13H2,1-2H3/b9-8+. The molecule has 0 saturated carbocycles. The molecule has 1 aromatic carbocycles. The Hall–Kier alpha value is -1.61. The molecule has 0 bridgehead atoms. The number of benzene rings is 1. The molecule has 1 unspecified atom stereocenters. The molecule has 3 heteroatoms. The van der Waals surface area contributed by atoms with Crippen LogP contribution in [0.1, 0.15) is 37.0 Å². The molecular weight excluding hydrogens is 240 g/mol. The van der Waals surface area contributed by atoms with Crippen molar-refractivity contribution in [2.75, 3.05) is 13.2 Å². The molecule has 1 atom stereocenters. The van der Waals surface area contributed by atoms with Crippen LogP contribution in [0, 0.1) is 0 Å². The molecule has 1 rings (SSSR count). The third kappa shape index (κ3) is 6.77. The predicted molar refractivity (Wildman–Crippen MR) is 76.2 cm³/mol. The molecule has 1 aromatic rings. The second-order valence-electron chi connectivity index (χ2n) is 4.32. The molecular formula is C16H22O3. The van der Waals surface area contributed by atoms with Gasteiger partial charge in [-0.05, 0) is 31.6 Å². The van der Waals surface area contributed by atoms with Crippen LogP contribution in [0.2, 0.25) is 0 Å². The lowest BCUT2D eigenvalue weighted by atomic mass is 10.2. The lowest BCUT2D eigenvalue weighted by molar-refractivity contribution is 0.0545. The molecule has 0 fully saturated rings. The van der Waals surface area contributed by atoms with E-state index in [4.69, 9.17) is 9.47 Å². The molecule has 104 valence electrons. The summed E-state index contributed by atoms with van der Waals surface area (Å²) in [7, 11) is 0. The number of hydrogen-bond donors (Lipinski definition) is 0. The normalized spacial score (nSPS) is 12.5. The lowest BCUT2D eigenvalue weighted by Crippen LogP contribution is -2.07. The minimum atomic E-state index is -0.301. The summed E-state index contributed by atoms with van der Waals surface area (Å²) in [5.74, 6) is -0.301. The van der Waals surface area contributed by atoms with Gasteiger partial charge in [-0.1, -0.05) is 37.6 Å². The van der Waals surface area contributed by atoms with E-state index in [0.29, 0.717) is 5.56 Å². The van der Waals surface area contributed by atoms with Crippen LogP contribution in [0.3, 0.4) is 0 Å². The fourth-order valence-electron chi connectivity index (χ4n) is 1.50. The van der Waals surface area contributed by atoms with E-state index < -0.39 is 0 Å². The second-order valence-corrected chi connectivity index (χ2v) is 4.32. The monoisotopic (exact) mass is 262 g/mol. The molecule has 0 aliphatic heterocycles. The van der Waals surface area contributed by atoms with Crippen molar-refractivity contribution in [1.29, 1.82) is 0 Å². The van der Waals surface area contributed by atoms with E-state index in [9.17, 15) is 4.79 Å². The van der Waals surface area contributed by atoms with Gasteiger partial charge in [-0.2, -0.15) is 0 Å². The summed E-state index contributed by atoms with van der Waals surface area (Å²) < 4.78 is 10.7. The van der Waals surface area contributed by atoms with E-state index in [-0.39, 0.29) is 18.7 Å². The SMILES string of the molecule is CCCCOC(C)/C=C/COC(=O)c1ccccc1. The molecule has 3 nitrogen and oxygen atoms in total. The summed E-state index contributed by atoms with van der Waals surface area (Å²) in [5, 5.41) is 0. The van der Waals surface area contributed by atoms with Crippen LogP contribution in [0.5, 0.6) is 0 Å². The van der Waals surface area contributed by atoms with E-state index >= 15 is 0 Å². The predicted octanol–water partition coefficient (Wildman–Crippen LogP) is 3.60. The van der Waals surface area contributed by atoms with E-state index in [2.05, 4.69) is 6.92 Å². The number of carbonyl (C=O) groups excluding carboxylic acids is 1. The average molecular weight is 262 g/mol. The Kier molecular flexibility index (Phi) is 7.59. The van der Waals surface area contributed by atoms with E-state index in [1.54, 1.807) is 12.1 Å². The Labute approximate surface area is 115 Å².